The molecule has 3 N–H and O–H groups in total. The second-order valence-corrected chi connectivity index (χ2v) is 6.50. The van der Waals surface area contributed by atoms with Crippen LogP contribution in [0.4, 0.5) is 13.2 Å². The monoisotopic (exact) mass is 422 g/mol. The van der Waals surface area contributed by atoms with Crippen LogP contribution in [0.1, 0.15) is 23.0 Å². The molecule has 27 heavy (non-hydrogen) atoms. The van der Waals surface area contributed by atoms with E-state index < -0.39 is 37.1 Å². The Morgan fingerprint density at radius 1 is 1.26 bits per heavy atom. The lowest BCUT2D eigenvalue weighted by atomic mass is 9.81. The highest BCUT2D eigenvalue weighted by molar-refractivity contribution is 6.35. The molecule has 1 aromatic heterocycles. The Kier molecular flexibility index (Phi) is 6.91. The third-order valence-electron chi connectivity index (χ3n) is 3.79. The summed E-state index contributed by atoms with van der Waals surface area (Å²) in [7, 11) is 0. The highest BCUT2D eigenvalue weighted by Crippen LogP contribution is 2.46. The summed E-state index contributed by atoms with van der Waals surface area (Å²) in [6.07, 6.45) is -3.60. The lowest BCUT2D eigenvalue weighted by molar-refractivity contribution is -0.158. The van der Waals surface area contributed by atoms with E-state index in [1.54, 1.807) is 0 Å². The van der Waals surface area contributed by atoms with Crippen molar-refractivity contribution in [1.82, 2.24) is 4.98 Å². The lowest BCUT2D eigenvalue weighted by Gasteiger charge is -2.29. The predicted octanol–water partition coefficient (Wildman–Crippen LogP) is 3.67. The minimum atomic E-state index is -4.71. The first-order valence-corrected chi connectivity index (χ1v) is 8.38. The number of carbonyl (C=O) groups excluding carboxylic acids is 1. The summed E-state index contributed by atoms with van der Waals surface area (Å²) >= 11 is 11.8. The topological polar surface area (TPSA) is 85.4 Å². The number of amides is 1. The quantitative estimate of drug-likeness (QED) is 0.712. The number of aliphatic hydroxyl groups excluding tert-OH is 1. The van der Waals surface area contributed by atoms with Crippen LogP contribution in [0, 0.1) is 0 Å². The molecule has 0 aliphatic carbocycles. The van der Waals surface area contributed by atoms with Crippen molar-refractivity contribution < 1.29 is 27.8 Å². The van der Waals surface area contributed by atoms with E-state index >= 15 is 0 Å². The number of hydrogen-bond acceptors (Lipinski definition) is 4. The number of aliphatic hydroxyl groups is 1. The molecule has 2 aromatic rings. The summed E-state index contributed by atoms with van der Waals surface area (Å²) in [5, 5.41) is 9.98. The second kappa shape index (κ2) is 8.77. The van der Waals surface area contributed by atoms with Gasteiger partial charge in [-0.1, -0.05) is 29.3 Å². The fourth-order valence-corrected chi connectivity index (χ4v) is 3.23. The molecule has 2 unspecified atom stereocenters. The van der Waals surface area contributed by atoms with Gasteiger partial charge in [0.15, 0.2) is 6.61 Å². The van der Waals surface area contributed by atoms with Crippen LogP contribution < -0.4 is 10.5 Å². The van der Waals surface area contributed by atoms with Crippen molar-refractivity contribution in [2.24, 2.45) is 5.73 Å². The second-order valence-electron chi connectivity index (χ2n) is 5.66. The molecule has 0 aliphatic heterocycles. The van der Waals surface area contributed by atoms with Gasteiger partial charge in [-0.15, -0.1) is 0 Å². The molecule has 2 atom stereocenters. The number of alkyl halides is 3. The Hall–Kier alpha value is -2.03. The lowest BCUT2D eigenvalue weighted by Crippen LogP contribution is -2.29. The van der Waals surface area contributed by atoms with E-state index in [1.165, 1.54) is 18.2 Å². The van der Waals surface area contributed by atoms with Gasteiger partial charge < -0.3 is 15.6 Å². The van der Waals surface area contributed by atoms with Crippen molar-refractivity contribution in [2.45, 2.75) is 18.0 Å². The van der Waals surface area contributed by atoms with Crippen LogP contribution in [-0.2, 0) is 4.79 Å². The third-order valence-corrected chi connectivity index (χ3v) is 4.36. The van der Waals surface area contributed by atoms with E-state index in [1.807, 2.05) is 0 Å². The van der Waals surface area contributed by atoms with E-state index in [-0.39, 0.29) is 27.1 Å². The smallest absolute Gasteiger partial charge is 0.396 e. The highest BCUT2D eigenvalue weighted by atomic mass is 35.5. The number of nitrogens with zero attached hydrogens (tertiary/aromatic N) is 1. The van der Waals surface area contributed by atoms with Crippen molar-refractivity contribution in [2.75, 3.05) is 13.2 Å². The van der Waals surface area contributed by atoms with E-state index in [9.17, 15) is 23.1 Å². The summed E-state index contributed by atoms with van der Waals surface area (Å²) in [6, 6.07) is 6.25. The average molecular weight is 423 g/mol. The molecular formula is C17H15Cl2F3N2O3. The van der Waals surface area contributed by atoms with E-state index in [0.717, 1.165) is 18.3 Å². The molecule has 1 amide bonds. The number of hydrogen-bond donors (Lipinski definition) is 2. The number of carbonyl (C=O) groups is 1. The summed E-state index contributed by atoms with van der Waals surface area (Å²) in [5.41, 5.74) is 4.84. The van der Waals surface area contributed by atoms with Crippen LogP contribution in [0.5, 0.6) is 5.88 Å². The Balaban J connectivity index is 2.48. The molecule has 5 nitrogen and oxygen atoms in total. The minimum Gasteiger partial charge on any atom is -0.468 e. The fraction of sp³-hybridized carbons (Fsp3) is 0.294. The number of benzene rings is 1. The van der Waals surface area contributed by atoms with Crippen molar-refractivity contribution in [3.05, 3.63) is 57.7 Å². The van der Waals surface area contributed by atoms with Crippen LogP contribution in [0.3, 0.4) is 0 Å². The Bertz CT molecular complexity index is 818. The van der Waals surface area contributed by atoms with Crippen LogP contribution >= 0.6 is 23.2 Å². The average Bonchev–Trinajstić information content (AvgIpc) is 2.57. The molecule has 2 rings (SSSR count). The first-order valence-electron chi connectivity index (χ1n) is 7.63. The van der Waals surface area contributed by atoms with Gasteiger partial charge in [0.05, 0.1) is 12.5 Å². The van der Waals surface area contributed by atoms with Crippen LogP contribution in [-0.4, -0.2) is 35.4 Å². The Morgan fingerprint density at radius 2 is 1.96 bits per heavy atom. The van der Waals surface area contributed by atoms with Gasteiger partial charge in [-0.2, -0.15) is 13.2 Å². The molecule has 1 aromatic carbocycles. The molecule has 146 valence electrons. The molecule has 0 radical (unpaired) electrons. The number of primary amides is 1. The van der Waals surface area contributed by atoms with Gasteiger partial charge in [-0.3, -0.25) is 4.79 Å². The SMILES string of the molecule is NC(=O)COc1cc(C(C(CO)c2ccc(Cl)cc2Cl)C(F)(F)F)ccn1. The first kappa shape index (κ1) is 21.3. The number of pyridine rings is 1. The van der Waals surface area contributed by atoms with Gasteiger partial charge in [0.2, 0.25) is 5.88 Å². The fourth-order valence-electron chi connectivity index (χ4n) is 2.68. The highest BCUT2D eigenvalue weighted by Gasteiger charge is 2.46. The Labute approximate surface area is 162 Å². The zero-order valence-corrected chi connectivity index (χ0v) is 15.2. The van der Waals surface area contributed by atoms with Gasteiger partial charge in [0.25, 0.3) is 5.91 Å². The molecule has 0 fully saturated rings. The van der Waals surface area contributed by atoms with Gasteiger partial charge in [0.1, 0.15) is 0 Å². The van der Waals surface area contributed by atoms with Crippen LogP contribution in [0.2, 0.25) is 10.0 Å². The molecule has 1 heterocycles. The predicted molar refractivity (Wildman–Crippen MR) is 94.0 cm³/mol. The van der Waals surface area contributed by atoms with Crippen molar-refractivity contribution in [1.29, 1.82) is 0 Å². The molecule has 10 heteroatoms. The Morgan fingerprint density at radius 3 is 2.52 bits per heavy atom. The number of halogens is 5. The standard InChI is InChI=1S/C17H15Cl2F3N2O3/c18-10-1-2-11(13(19)6-10)12(7-25)16(17(20,21)22)9-3-4-24-15(5-9)27-8-14(23)26/h1-6,12,16,25H,7-8H2,(H2,23,26). The normalized spacial score (nSPS) is 13.9. The molecule has 0 spiro atoms. The molecule has 0 saturated heterocycles. The van der Waals surface area contributed by atoms with Crippen LogP contribution in [0.25, 0.3) is 0 Å². The van der Waals surface area contributed by atoms with Gasteiger partial charge in [-0.05, 0) is 29.3 Å². The molecule has 0 bridgehead atoms. The molecular weight excluding hydrogens is 408 g/mol. The largest absolute Gasteiger partial charge is 0.468 e. The minimum absolute atomic E-state index is 0.00931. The van der Waals surface area contributed by atoms with E-state index in [4.69, 9.17) is 33.7 Å². The number of nitrogens with two attached hydrogens (primary N) is 1. The van der Waals surface area contributed by atoms with Gasteiger partial charge in [-0.25, -0.2) is 4.98 Å². The van der Waals surface area contributed by atoms with Crippen molar-refractivity contribution >= 4 is 29.1 Å². The maximum absolute atomic E-state index is 13.9. The molecule has 0 aliphatic rings. The summed E-state index contributed by atoms with van der Waals surface area (Å²) in [6.45, 7) is -1.34. The maximum Gasteiger partial charge on any atom is 0.396 e. The van der Waals surface area contributed by atoms with Gasteiger partial charge in [0, 0.05) is 28.2 Å². The third kappa shape index (κ3) is 5.47. The summed E-state index contributed by atoms with van der Waals surface area (Å²) < 4.78 is 46.6. The number of ether oxygens (including phenoxy) is 1. The van der Waals surface area contributed by atoms with E-state index in [2.05, 4.69) is 4.98 Å². The first-order chi connectivity index (χ1) is 12.6. The zero-order valence-electron chi connectivity index (χ0n) is 13.7. The molecule has 0 saturated carbocycles. The van der Waals surface area contributed by atoms with E-state index in [0.29, 0.717) is 0 Å². The number of rotatable bonds is 7. The zero-order chi connectivity index (χ0) is 20.2. The van der Waals surface area contributed by atoms with Gasteiger partial charge >= 0.3 is 6.18 Å². The van der Waals surface area contributed by atoms with Crippen LogP contribution in [0.15, 0.2) is 36.5 Å². The summed E-state index contributed by atoms with van der Waals surface area (Å²) in [4.78, 5) is 14.5. The van der Waals surface area contributed by atoms with Crippen molar-refractivity contribution in [3.8, 4) is 5.88 Å². The maximum atomic E-state index is 13.9. The summed E-state index contributed by atoms with van der Waals surface area (Å²) in [5.74, 6) is -4.48. The number of aromatic nitrogens is 1. The van der Waals surface area contributed by atoms with Crippen molar-refractivity contribution in [3.63, 3.8) is 0 Å².